The van der Waals surface area contributed by atoms with Gasteiger partial charge < -0.3 is 16.0 Å². The third kappa shape index (κ3) is 2.30. The molecule has 1 aromatic heterocycles. The first-order valence-electron chi connectivity index (χ1n) is 7.29. The number of rotatable bonds is 3. The zero-order valence-electron chi connectivity index (χ0n) is 12.7. The summed E-state index contributed by atoms with van der Waals surface area (Å²) >= 11 is 0. The van der Waals surface area contributed by atoms with E-state index in [1.165, 1.54) is 0 Å². The lowest BCUT2D eigenvalue weighted by atomic mass is 10.0. The van der Waals surface area contributed by atoms with Gasteiger partial charge in [-0.1, -0.05) is 18.2 Å². The highest BCUT2D eigenvalue weighted by atomic mass is 16.1. The fraction of sp³-hybridized carbons (Fsp3) is 0.111. The summed E-state index contributed by atoms with van der Waals surface area (Å²) in [4.78, 5) is 11.4. The highest BCUT2D eigenvalue weighted by molar-refractivity contribution is 6.01. The van der Waals surface area contributed by atoms with Gasteiger partial charge in [0.1, 0.15) is 6.07 Å². The molecule has 2 aromatic carbocycles. The maximum absolute atomic E-state index is 11.4. The molecular formula is C18H16N4O. The van der Waals surface area contributed by atoms with Crippen molar-refractivity contribution in [1.29, 1.82) is 5.26 Å². The Morgan fingerprint density at radius 2 is 1.91 bits per heavy atom. The molecule has 5 heteroatoms. The molecule has 114 valence electrons. The molecule has 23 heavy (non-hydrogen) atoms. The van der Waals surface area contributed by atoms with Crippen molar-refractivity contribution >= 4 is 22.5 Å². The molecule has 1 amide bonds. The number of carbonyl (C=O) groups excluding carboxylic acids is 1. The van der Waals surface area contributed by atoms with Crippen molar-refractivity contribution in [3.8, 4) is 17.3 Å². The molecule has 0 saturated heterocycles. The van der Waals surface area contributed by atoms with E-state index < -0.39 is 5.91 Å². The first-order valence-corrected chi connectivity index (χ1v) is 7.29. The van der Waals surface area contributed by atoms with Gasteiger partial charge in [-0.2, -0.15) is 5.26 Å². The first kappa shape index (κ1) is 14.7. The Morgan fingerprint density at radius 3 is 2.48 bits per heavy atom. The van der Waals surface area contributed by atoms with Gasteiger partial charge in [0, 0.05) is 23.2 Å². The predicted molar refractivity (Wildman–Crippen MR) is 90.7 cm³/mol. The van der Waals surface area contributed by atoms with Crippen LogP contribution in [0.4, 0.5) is 5.69 Å². The van der Waals surface area contributed by atoms with Gasteiger partial charge in [-0.05, 0) is 36.8 Å². The summed E-state index contributed by atoms with van der Waals surface area (Å²) < 4.78 is 2.02. The maximum Gasteiger partial charge on any atom is 0.248 e. The quantitative estimate of drug-likeness (QED) is 0.728. The van der Waals surface area contributed by atoms with Crippen LogP contribution < -0.4 is 11.5 Å². The van der Waals surface area contributed by atoms with Crippen LogP contribution in [0, 0.1) is 11.3 Å². The van der Waals surface area contributed by atoms with E-state index >= 15 is 0 Å². The molecule has 0 saturated carbocycles. The van der Waals surface area contributed by atoms with Crippen LogP contribution in [0.5, 0.6) is 0 Å². The highest BCUT2D eigenvalue weighted by Crippen LogP contribution is 2.34. The Balaban J connectivity index is 2.38. The molecule has 0 spiro atoms. The topological polar surface area (TPSA) is 97.8 Å². The number of fused-ring (bicyclic) bond motifs is 1. The summed E-state index contributed by atoms with van der Waals surface area (Å²) in [6.45, 7) is 2.67. The summed E-state index contributed by atoms with van der Waals surface area (Å²) in [5.41, 5.74) is 15.4. The van der Waals surface area contributed by atoms with Crippen molar-refractivity contribution in [2.45, 2.75) is 13.5 Å². The number of primary amides is 1. The van der Waals surface area contributed by atoms with Gasteiger partial charge in [-0.15, -0.1) is 0 Å². The number of amides is 1. The molecule has 5 nitrogen and oxygen atoms in total. The van der Waals surface area contributed by atoms with E-state index in [4.69, 9.17) is 11.5 Å². The second-order valence-corrected chi connectivity index (χ2v) is 5.30. The van der Waals surface area contributed by atoms with Gasteiger partial charge in [0.05, 0.1) is 16.8 Å². The van der Waals surface area contributed by atoms with E-state index in [0.29, 0.717) is 23.4 Å². The van der Waals surface area contributed by atoms with Crippen LogP contribution in [0.2, 0.25) is 0 Å². The molecule has 0 aliphatic carbocycles. The van der Waals surface area contributed by atoms with Gasteiger partial charge >= 0.3 is 0 Å². The number of anilines is 1. The molecule has 1 heterocycles. The molecule has 0 unspecified atom stereocenters. The normalized spacial score (nSPS) is 10.6. The minimum atomic E-state index is -0.483. The molecular weight excluding hydrogens is 288 g/mol. The molecule has 4 N–H and O–H groups in total. The summed E-state index contributed by atoms with van der Waals surface area (Å²) in [5.74, 6) is -0.483. The molecule has 0 bridgehead atoms. The van der Waals surface area contributed by atoms with Crippen molar-refractivity contribution in [2.24, 2.45) is 5.73 Å². The van der Waals surface area contributed by atoms with Crippen molar-refractivity contribution in [3.63, 3.8) is 0 Å². The van der Waals surface area contributed by atoms with Crippen LogP contribution in [0.15, 0.2) is 42.5 Å². The Labute approximate surface area is 133 Å². The summed E-state index contributed by atoms with van der Waals surface area (Å²) in [7, 11) is 0. The molecule has 0 fully saturated rings. The zero-order chi connectivity index (χ0) is 16.6. The predicted octanol–water partition coefficient (Wildman–Crippen LogP) is 2.88. The molecule has 0 aliphatic heterocycles. The number of hydrogen-bond acceptors (Lipinski definition) is 3. The van der Waals surface area contributed by atoms with E-state index in [-0.39, 0.29) is 0 Å². The number of aromatic nitrogens is 1. The van der Waals surface area contributed by atoms with Crippen LogP contribution in [0.1, 0.15) is 22.8 Å². The van der Waals surface area contributed by atoms with E-state index in [0.717, 1.165) is 22.2 Å². The molecule has 0 aliphatic rings. The number of nitrogens with zero attached hydrogens (tertiary/aromatic N) is 2. The largest absolute Gasteiger partial charge is 0.399 e. The van der Waals surface area contributed by atoms with Crippen molar-refractivity contribution in [2.75, 3.05) is 5.73 Å². The number of carbonyl (C=O) groups is 1. The number of benzene rings is 2. The summed E-state index contributed by atoms with van der Waals surface area (Å²) in [6, 6.07) is 14.9. The van der Waals surface area contributed by atoms with Crippen LogP contribution in [0.3, 0.4) is 0 Å². The van der Waals surface area contributed by atoms with Gasteiger partial charge in [-0.3, -0.25) is 4.79 Å². The lowest BCUT2D eigenvalue weighted by Crippen LogP contribution is -2.10. The number of hydrogen-bond donors (Lipinski definition) is 2. The number of nitriles is 1. The van der Waals surface area contributed by atoms with Crippen molar-refractivity contribution in [3.05, 3.63) is 53.6 Å². The fourth-order valence-electron chi connectivity index (χ4n) is 2.89. The average Bonchev–Trinajstić information content (AvgIpc) is 2.88. The van der Waals surface area contributed by atoms with E-state index in [1.54, 1.807) is 18.2 Å². The summed E-state index contributed by atoms with van der Waals surface area (Å²) in [6.07, 6.45) is 0. The fourth-order valence-corrected chi connectivity index (χ4v) is 2.89. The lowest BCUT2D eigenvalue weighted by molar-refractivity contribution is 0.100. The van der Waals surface area contributed by atoms with Crippen LogP contribution >= 0.6 is 0 Å². The Bertz CT molecular complexity index is 946. The smallest absolute Gasteiger partial charge is 0.248 e. The molecule has 0 radical (unpaired) electrons. The Kier molecular flexibility index (Phi) is 3.51. The van der Waals surface area contributed by atoms with Crippen molar-refractivity contribution < 1.29 is 4.79 Å². The van der Waals surface area contributed by atoms with Gasteiger partial charge in [0.2, 0.25) is 5.91 Å². The van der Waals surface area contributed by atoms with E-state index in [2.05, 4.69) is 6.07 Å². The number of nitrogens with two attached hydrogens (primary N) is 2. The average molecular weight is 304 g/mol. The number of aryl methyl sites for hydroxylation is 1. The molecule has 3 rings (SSSR count). The zero-order valence-corrected chi connectivity index (χ0v) is 12.7. The van der Waals surface area contributed by atoms with Crippen molar-refractivity contribution in [1.82, 2.24) is 4.57 Å². The van der Waals surface area contributed by atoms with Gasteiger partial charge in [0.25, 0.3) is 0 Å². The van der Waals surface area contributed by atoms with Gasteiger partial charge in [-0.25, -0.2) is 0 Å². The monoisotopic (exact) mass is 304 g/mol. The van der Waals surface area contributed by atoms with E-state index in [1.807, 2.05) is 35.8 Å². The maximum atomic E-state index is 11.4. The molecule has 0 atom stereocenters. The van der Waals surface area contributed by atoms with Crippen LogP contribution in [0.25, 0.3) is 22.2 Å². The summed E-state index contributed by atoms with van der Waals surface area (Å²) in [5, 5.41) is 10.5. The number of nitrogen functional groups attached to an aromatic ring is 1. The second-order valence-electron chi connectivity index (χ2n) is 5.30. The van der Waals surface area contributed by atoms with Crippen LogP contribution in [-0.4, -0.2) is 10.5 Å². The third-order valence-electron chi connectivity index (χ3n) is 3.96. The first-order chi connectivity index (χ1) is 11.1. The lowest BCUT2D eigenvalue weighted by Gasteiger charge is -2.09. The van der Waals surface area contributed by atoms with E-state index in [9.17, 15) is 10.1 Å². The molecule has 3 aromatic rings. The minimum Gasteiger partial charge on any atom is -0.399 e. The van der Waals surface area contributed by atoms with Crippen LogP contribution in [-0.2, 0) is 6.54 Å². The Morgan fingerprint density at radius 1 is 1.22 bits per heavy atom. The Hall–Kier alpha value is -3.26. The SMILES string of the molecule is CCn1c(-c2ccc(N)cc2)c(C#N)c2ccc(C(N)=O)cc21. The third-order valence-corrected chi connectivity index (χ3v) is 3.96. The minimum absolute atomic E-state index is 0.429. The standard InChI is InChI=1S/C18H16N4O/c1-2-22-16-9-12(18(21)23)5-8-14(16)15(10-19)17(22)11-3-6-13(20)7-4-11/h3-9H,2,20H2,1H3,(H2,21,23). The second kappa shape index (κ2) is 5.50. The van der Waals surface area contributed by atoms with Gasteiger partial charge in [0.15, 0.2) is 0 Å². The highest BCUT2D eigenvalue weighted by Gasteiger charge is 2.18.